The van der Waals surface area contributed by atoms with Crippen molar-refractivity contribution in [1.29, 1.82) is 5.26 Å². The lowest BCUT2D eigenvalue weighted by atomic mass is 9.63. The summed E-state index contributed by atoms with van der Waals surface area (Å²) >= 11 is 1.52. The van der Waals surface area contributed by atoms with E-state index in [4.69, 9.17) is 29.7 Å². The highest BCUT2D eigenvalue weighted by Crippen LogP contribution is 2.55. The van der Waals surface area contributed by atoms with Crippen molar-refractivity contribution >= 4 is 28.2 Å². The molecule has 8 rings (SSSR count). The van der Waals surface area contributed by atoms with Crippen molar-refractivity contribution in [3.05, 3.63) is 45.7 Å². The summed E-state index contributed by atoms with van der Waals surface area (Å²) < 4.78 is 19.8. The zero-order valence-corrected chi connectivity index (χ0v) is 29.2. The van der Waals surface area contributed by atoms with Gasteiger partial charge in [-0.1, -0.05) is 5.16 Å². The SMILES string of the molecule is C[C@H](Oc1cc(-n2ccc(NC(=O)NC[C@H]3CCOC3)n2)nc(-c2noc3c2CCCC32CCCc3sc(N)c(C#N)c32)n1)[C@@H]1CCCN1C. The van der Waals surface area contributed by atoms with Crippen LogP contribution in [0.2, 0.25) is 0 Å². The first kappa shape index (κ1) is 32.7. The smallest absolute Gasteiger partial charge is 0.320 e. The van der Waals surface area contributed by atoms with E-state index in [0.29, 0.717) is 58.7 Å². The lowest BCUT2D eigenvalue weighted by molar-refractivity contribution is 0.117. The summed E-state index contributed by atoms with van der Waals surface area (Å²) in [5.41, 5.74) is 9.00. The second-order valence-electron chi connectivity index (χ2n) is 14.0. The quantitative estimate of drug-likeness (QED) is 0.230. The van der Waals surface area contributed by atoms with E-state index >= 15 is 0 Å². The fourth-order valence-electron chi connectivity index (χ4n) is 8.37. The Morgan fingerprint density at radius 3 is 2.90 bits per heavy atom. The lowest BCUT2D eigenvalue weighted by Gasteiger charge is -2.39. The molecule has 4 atom stereocenters. The van der Waals surface area contributed by atoms with Crippen LogP contribution >= 0.6 is 11.3 Å². The van der Waals surface area contributed by atoms with E-state index in [-0.39, 0.29) is 18.2 Å². The Morgan fingerprint density at radius 2 is 2.12 bits per heavy atom. The van der Waals surface area contributed by atoms with E-state index in [1.807, 2.05) is 0 Å². The van der Waals surface area contributed by atoms with E-state index in [9.17, 15) is 10.1 Å². The van der Waals surface area contributed by atoms with Gasteiger partial charge in [0.15, 0.2) is 28.9 Å². The van der Waals surface area contributed by atoms with Crippen molar-refractivity contribution in [3.8, 4) is 29.3 Å². The standard InChI is InChI=1S/C35H42N10O4S/c1-20(24-7-5-13-44(24)2)48-28-16-27(45-14-9-26(42-45)39-34(46)38-18-21-10-15-47-19-21)40-33(41-28)30-22-6-3-11-35(31(22)49-43-30)12-4-8-25-29(35)23(17-36)32(37)50-25/h9,14,16,20-21,24H,3-8,10-13,15,18-19,37H2,1-2H3,(H2,38,39,42,46)/t20-,21+,24-,35?/m0/s1. The van der Waals surface area contributed by atoms with E-state index in [1.165, 1.54) is 16.2 Å². The first-order valence-corrected chi connectivity index (χ1v) is 18.4. The van der Waals surface area contributed by atoms with Crippen LogP contribution in [-0.4, -0.2) is 81.3 Å². The number of nitrogens with zero attached hydrogens (tertiary/aromatic N) is 7. The number of rotatable bonds is 8. The summed E-state index contributed by atoms with van der Waals surface area (Å²) in [5.74, 6) is 2.72. The Balaban J connectivity index is 1.14. The zero-order chi connectivity index (χ0) is 34.4. The third-order valence-electron chi connectivity index (χ3n) is 10.8. The molecule has 0 radical (unpaired) electrons. The Labute approximate surface area is 294 Å². The summed E-state index contributed by atoms with van der Waals surface area (Å²) in [6.07, 6.45) is 9.98. The number of amides is 2. The predicted molar refractivity (Wildman–Crippen MR) is 186 cm³/mol. The molecule has 6 heterocycles. The van der Waals surface area contributed by atoms with Gasteiger partial charge in [0.25, 0.3) is 0 Å². The summed E-state index contributed by atoms with van der Waals surface area (Å²) in [7, 11) is 2.12. The van der Waals surface area contributed by atoms with Crippen LogP contribution in [0.5, 0.6) is 5.88 Å². The van der Waals surface area contributed by atoms with Crippen molar-refractivity contribution in [1.82, 2.24) is 35.1 Å². The number of hydrogen-bond donors (Lipinski definition) is 3. The molecule has 2 amide bonds. The Hall–Kier alpha value is -4.52. The minimum Gasteiger partial charge on any atom is -0.473 e. The second kappa shape index (κ2) is 13.3. The third-order valence-corrected chi connectivity index (χ3v) is 11.9. The molecule has 4 aliphatic rings. The van der Waals surface area contributed by atoms with Crippen LogP contribution in [0.1, 0.15) is 79.2 Å². The van der Waals surface area contributed by atoms with Crippen molar-refractivity contribution in [2.24, 2.45) is 5.92 Å². The number of likely N-dealkylation sites (N-methyl/N-ethyl adjacent to an activating group) is 1. The summed E-state index contributed by atoms with van der Waals surface area (Å²) in [4.78, 5) is 26.0. The fraction of sp³-hybridized carbons (Fsp3) is 0.543. The molecule has 4 N–H and O–H groups in total. The van der Waals surface area contributed by atoms with Gasteiger partial charge in [0.2, 0.25) is 5.88 Å². The fourth-order valence-corrected chi connectivity index (χ4v) is 9.53. The van der Waals surface area contributed by atoms with E-state index in [1.54, 1.807) is 23.0 Å². The lowest BCUT2D eigenvalue weighted by Crippen LogP contribution is -2.38. The van der Waals surface area contributed by atoms with E-state index in [2.05, 4.69) is 45.8 Å². The number of nitriles is 1. The summed E-state index contributed by atoms with van der Waals surface area (Å²) in [5, 5.41) is 25.6. The molecule has 50 heavy (non-hydrogen) atoms. The van der Waals surface area contributed by atoms with Gasteiger partial charge in [-0.15, -0.1) is 16.4 Å². The molecule has 0 saturated carbocycles. The van der Waals surface area contributed by atoms with Gasteiger partial charge in [-0.3, -0.25) is 10.2 Å². The number of thiophene rings is 1. The van der Waals surface area contributed by atoms with Crippen molar-refractivity contribution < 1.29 is 18.8 Å². The molecular weight excluding hydrogens is 657 g/mol. The average molecular weight is 699 g/mol. The number of likely N-dealkylation sites (tertiary alicyclic amines) is 1. The van der Waals surface area contributed by atoms with Gasteiger partial charge in [0.05, 0.1) is 17.6 Å². The molecule has 4 aromatic rings. The highest BCUT2D eigenvalue weighted by Gasteiger charge is 2.49. The number of aromatic nitrogens is 5. The van der Waals surface area contributed by atoms with Gasteiger partial charge in [-0.05, 0) is 83.9 Å². The van der Waals surface area contributed by atoms with Gasteiger partial charge < -0.3 is 25.0 Å². The average Bonchev–Trinajstić information content (AvgIpc) is 3.95. The maximum absolute atomic E-state index is 12.6. The van der Waals surface area contributed by atoms with Crippen LogP contribution in [0.3, 0.4) is 0 Å². The highest BCUT2D eigenvalue weighted by atomic mass is 32.1. The van der Waals surface area contributed by atoms with Crippen molar-refractivity contribution in [3.63, 3.8) is 0 Å². The number of anilines is 2. The number of carbonyl (C=O) groups excluding carboxylic acids is 1. The maximum Gasteiger partial charge on any atom is 0.320 e. The number of aryl methyl sites for hydroxylation is 1. The van der Waals surface area contributed by atoms with Gasteiger partial charge in [0.1, 0.15) is 17.2 Å². The number of nitrogen functional groups attached to an aromatic ring is 1. The Bertz CT molecular complexity index is 1940. The Kier molecular flexibility index (Phi) is 8.70. The number of nitrogens with two attached hydrogens (primary N) is 1. The first-order valence-electron chi connectivity index (χ1n) is 17.6. The number of hydrogen-bond acceptors (Lipinski definition) is 12. The molecule has 2 saturated heterocycles. The molecule has 262 valence electrons. The van der Waals surface area contributed by atoms with Crippen molar-refractivity contribution in [2.75, 3.05) is 44.4 Å². The molecule has 1 unspecified atom stereocenters. The largest absolute Gasteiger partial charge is 0.473 e. The molecule has 2 aliphatic carbocycles. The van der Waals surface area contributed by atoms with Crippen LogP contribution in [0.4, 0.5) is 15.6 Å². The van der Waals surface area contributed by atoms with Crippen molar-refractivity contribution in [2.45, 2.75) is 82.3 Å². The van der Waals surface area contributed by atoms with Gasteiger partial charge in [-0.25, -0.2) is 14.5 Å². The second-order valence-corrected chi connectivity index (χ2v) is 15.1. The third kappa shape index (κ3) is 5.88. The molecular formula is C35H42N10O4S. The number of urea groups is 1. The molecule has 15 heteroatoms. The highest BCUT2D eigenvalue weighted by molar-refractivity contribution is 7.16. The molecule has 0 bridgehead atoms. The van der Waals surface area contributed by atoms with Crippen LogP contribution in [0.25, 0.3) is 17.3 Å². The molecule has 4 aromatic heterocycles. The molecule has 14 nitrogen and oxygen atoms in total. The monoisotopic (exact) mass is 698 g/mol. The molecule has 2 fully saturated rings. The van der Waals surface area contributed by atoms with Crippen LogP contribution in [0.15, 0.2) is 22.9 Å². The van der Waals surface area contributed by atoms with E-state index < -0.39 is 5.41 Å². The molecule has 2 aliphatic heterocycles. The topological polar surface area (TPSA) is 182 Å². The van der Waals surface area contributed by atoms with Gasteiger partial charge in [-0.2, -0.15) is 10.2 Å². The Morgan fingerprint density at radius 1 is 1.26 bits per heavy atom. The number of ether oxygens (including phenoxy) is 2. The van der Waals surface area contributed by atoms with Crippen LogP contribution < -0.4 is 21.1 Å². The minimum absolute atomic E-state index is 0.120. The number of fused-ring (bicyclic) bond motifs is 4. The zero-order valence-electron chi connectivity index (χ0n) is 28.4. The number of nitrogens with one attached hydrogen (secondary N) is 2. The van der Waals surface area contributed by atoms with Crippen LogP contribution in [0, 0.1) is 17.2 Å². The molecule has 0 aromatic carbocycles. The predicted octanol–water partition coefficient (Wildman–Crippen LogP) is 4.81. The summed E-state index contributed by atoms with van der Waals surface area (Å²) in [6, 6.07) is 5.81. The normalized spacial score (nSPS) is 23.7. The van der Waals surface area contributed by atoms with E-state index in [0.717, 1.165) is 87.8 Å². The van der Waals surface area contributed by atoms with Gasteiger partial charge in [0, 0.05) is 53.9 Å². The minimum atomic E-state index is -0.460. The maximum atomic E-state index is 12.6. The first-order chi connectivity index (χ1) is 24.3. The number of carbonyl (C=O) groups is 1. The summed E-state index contributed by atoms with van der Waals surface area (Å²) in [6.45, 7) is 5.03. The molecule has 1 spiro atoms. The van der Waals surface area contributed by atoms with Crippen LogP contribution in [-0.2, 0) is 23.0 Å². The van der Waals surface area contributed by atoms with Gasteiger partial charge >= 0.3 is 6.03 Å².